The van der Waals surface area contributed by atoms with Crippen LogP contribution in [0.15, 0.2) is 34.8 Å². The van der Waals surface area contributed by atoms with E-state index in [1.165, 1.54) is 11.6 Å². The van der Waals surface area contributed by atoms with Crippen LogP contribution in [0.3, 0.4) is 0 Å². The first-order chi connectivity index (χ1) is 9.63. The van der Waals surface area contributed by atoms with Gasteiger partial charge in [0.05, 0.1) is 12.3 Å². The highest BCUT2D eigenvalue weighted by atomic mass is 79.9. The van der Waals surface area contributed by atoms with Gasteiger partial charge in [-0.15, -0.1) is 0 Å². The molecule has 0 fully saturated rings. The van der Waals surface area contributed by atoms with Crippen molar-refractivity contribution in [1.29, 1.82) is 0 Å². The standard InChI is InChI=1S/C16H15BrFNO/c1-10-2-3-15(14(18)6-10)19-9-12-8-13(17)7-11-4-5-20-16(11)12/h2-3,6-8,19H,4-5,9H2,1H3. The number of ether oxygens (including phenoxy) is 1. The summed E-state index contributed by atoms with van der Waals surface area (Å²) < 4.78 is 20.5. The van der Waals surface area contributed by atoms with E-state index < -0.39 is 0 Å². The van der Waals surface area contributed by atoms with E-state index in [2.05, 4.69) is 27.3 Å². The molecule has 4 heteroatoms. The molecule has 0 radical (unpaired) electrons. The number of fused-ring (bicyclic) bond motifs is 1. The zero-order valence-corrected chi connectivity index (χ0v) is 12.8. The lowest BCUT2D eigenvalue weighted by Gasteiger charge is -2.12. The van der Waals surface area contributed by atoms with Crippen molar-refractivity contribution in [2.75, 3.05) is 11.9 Å². The van der Waals surface area contributed by atoms with Crippen molar-refractivity contribution in [1.82, 2.24) is 0 Å². The van der Waals surface area contributed by atoms with E-state index in [1.807, 2.05) is 19.1 Å². The number of rotatable bonds is 3. The Kier molecular flexibility index (Phi) is 3.66. The van der Waals surface area contributed by atoms with Gasteiger partial charge in [-0.2, -0.15) is 0 Å². The van der Waals surface area contributed by atoms with Crippen molar-refractivity contribution in [2.24, 2.45) is 0 Å². The van der Waals surface area contributed by atoms with Crippen LogP contribution in [-0.2, 0) is 13.0 Å². The van der Waals surface area contributed by atoms with Crippen LogP contribution in [-0.4, -0.2) is 6.61 Å². The van der Waals surface area contributed by atoms with Crippen molar-refractivity contribution in [2.45, 2.75) is 19.9 Å². The van der Waals surface area contributed by atoms with Gasteiger partial charge in [-0.25, -0.2) is 4.39 Å². The van der Waals surface area contributed by atoms with Crippen LogP contribution in [0.5, 0.6) is 5.75 Å². The van der Waals surface area contributed by atoms with E-state index in [0.717, 1.165) is 34.4 Å². The summed E-state index contributed by atoms with van der Waals surface area (Å²) in [6, 6.07) is 9.29. The lowest BCUT2D eigenvalue weighted by atomic mass is 10.1. The van der Waals surface area contributed by atoms with Gasteiger partial charge in [-0.05, 0) is 42.3 Å². The molecule has 0 amide bonds. The molecule has 2 nitrogen and oxygen atoms in total. The van der Waals surface area contributed by atoms with Crippen LogP contribution in [0, 0.1) is 12.7 Å². The molecule has 0 bridgehead atoms. The van der Waals surface area contributed by atoms with Gasteiger partial charge in [0, 0.05) is 23.0 Å². The molecule has 1 aliphatic heterocycles. The normalized spacial score (nSPS) is 12.9. The van der Waals surface area contributed by atoms with Crippen molar-refractivity contribution >= 4 is 21.6 Å². The Morgan fingerprint density at radius 3 is 2.95 bits per heavy atom. The fourth-order valence-corrected chi connectivity index (χ4v) is 2.98. The molecule has 3 rings (SSSR count). The maximum atomic E-state index is 13.8. The fourth-order valence-electron chi connectivity index (χ4n) is 2.43. The summed E-state index contributed by atoms with van der Waals surface area (Å²) in [6.07, 6.45) is 0.931. The van der Waals surface area contributed by atoms with Crippen LogP contribution in [0.4, 0.5) is 10.1 Å². The molecule has 1 N–H and O–H groups in total. The van der Waals surface area contributed by atoms with E-state index in [9.17, 15) is 4.39 Å². The largest absolute Gasteiger partial charge is 0.493 e. The minimum atomic E-state index is -0.224. The maximum absolute atomic E-state index is 13.8. The molecular weight excluding hydrogens is 321 g/mol. The predicted molar refractivity (Wildman–Crippen MR) is 81.8 cm³/mol. The van der Waals surface area contributed by atoms with Crippen LogP contribution < -0.4 is 10.1 Å². The maximum Gasteiger partial charge on any atom is 0.146 e. The molecular formula is C16H15BrFNO. The van der Waals surface area contributed by atoms with Gasteiger partial charge in [0.1, 0.15) is 11.6 Å². The highest BCUT2D eigenvalue weighted by Gasteiger charge is 2.17. The average Bonchev–Trinajstić information content (AvgIpc) is 2.85. The third-order valence-electron chi connectivity index (χ3n) is 3.42. The topological polar surface area (TPSA) is 21.3 Å². The van der Waals surface area contributed by atoms with E-state index >= 15 is 0 Å². The first-order valence-electron chi connectivity index (χ1n) is 6.57. The first-order valence-corrected chi connectivity index (χ1v) is 7.37. The number of halogens is 2. The second-order valence-corrected chi connectivity index (χ2v) is 5.90. The SMILES string of the molecule is Cc1ccc(NCc2cc(Br)cc3c2OCC3)c(F)c1. The van der Waals surface area contributed by atoms with Crippen molar-refractivity contribution < 1.29 is 9.13 Å². The summed E-state index contributed by atoms with van der Waals surface area (Å²) in [5, 5.41) is 3.14. The zero-order valence-electron chi connectivity index (χ0n) is 11.2. The van der Waals surface area contributed by atoms with Crippen LogP contribution in [0.2, 0.25) is 0 Å². The van der Waals surface area contributed by atoms with Crippen molar-refractivity contribution in [3.63, 3.8) is 0 Å². The van der Waals surface area contributed by atoms with E-state index in [1.54, 1.807) is 6.07 Å². The molecule has 2 aromatic rings. The highest BCUT2D eigenvalue weighted by molar-refractivity contribution is 9.10. The van der Waals surface area contributed by atoms with Gasteiger partial charge in [0.25, 0.3) is 0 Å². The Bertz CT molecular complexity index is 657. The van der Waals surface area contributed by atoms with Gasteiger partial charge < -0.3 is 10.1 Å². The number of nitrogens with one attached hydrogen (secondary N) is 1. The summed E-state index contributed by atoms with van der Waals surface area (Å²) in [5.41, 5.74) is 3.69. The summed E-state index contributed by atoms with van der Waals surface area (Å²) in [5.74, 6) is 0.714. The molecule has 0 atom stereocenters. The summed E-state index contributed by atoms with van der Waals surface area (Å²) >= 11 is 3.51. The number of aryl methyl sites for hydroxylation is 1. The molecule has 2 aromatic carbocycles. The lowest BCUT2D eigenvalue weighted by molar-refractivity contribution is 0.354. The molecule has 0 saturated heterocycles. The molecule has 1 aliphatic rings. The quantitative estimate of drug-likeness (QED) is 0.895. The van der Waals surface area contributed by atoms with Crippen molar-refractivity contribution in [3.05, 3.63) is 57.3 Å². The van der Waals surface area contributed by atoms with Gasteiger partial charge in [0.15, 0.2) is 0 Å². The van der Waals surface area contributed by atoms with Crippen LogP contribution >= 0.6 is 15.9 Å². The third kappa shape index (κ3) is 2.66. The number of benzene rings is 2. The Morgan fingerprint density at radius 2 is 2.15 bits per heavy atom. The van der Waals surface area contributed by atoms with Crippen molar-refractivity contribution in [3.8, 4) is 5.75 Å². The first kappa shape index (κ1) is 13.4. The third-order valence-corrected chi connectivity index (χ3v) is 3.88. The van der Waals surface area contributed by atoms with E-state index in [-0.39, 0.29) is 5.82 Å². The molecule has 1 heterocycles. The summed E-state index contributed by atoms with van der Waals surface area (Å²) in [4.78, 5) is 0. The molecule has 104 valence electrons. The summed E-state index contributed by atoms with van der Waals surface area (Å²) in [6.45, 7) is 3.14. The van der Waals surface area contributed by atoms with Gasteiger partial charge in [-0.3, -0.25) is 0 Å². The Labute approximate surface area is 126 Å². The minimum Gasteiger partial charge on any atom is -0.493 e. The summed E-state index contributed by atoms with van der Waals surface area (Å²) in [7, 11) is 0. The zero-order chi connectivity index (χ0) is 14.1. The van der Waals surface area contributed by atoms with Gasteiger partial charge in [0.2, 0.25) is 0 Å². The minimum absolute atomic E-state index is 0.224. The molecule has 0 spiro atoms. The predicted octanol–water partition coefficient (Wildman–Crippen LogP) is 4.44. The second-order valence-electron chi connectivity index (χ2n) is 4.99. The molecule has 20 heavy (non-hydrogen) atoms. The fraction of sp³-hybridized carbons (Fsp3) is 0.250. The van der Waals surface area contributed by atoms with Crippen LogP contribution in [0.1, 0.15) is 16.7 Å². The molecule has 0 aromatic heterocycles. The van der Waals surface area contributed by atoms with E-state index in [0.29, 0.717) is 12.2 Å². The monoisotopic (exact) mass is 335 g/mol. The Balaban J connectivity index is 1.82. The number of anilines is 1. The Hall–Kier alpha value is -1.55. The Morgan fingerprint density at radius 1 is 1.30 bits per heavy atom. The lowest BCUT2D eigenvalue weighted by Crippen LogP contribution is -2.03. The van der Waals surface area contributed by atoms with Gasteiger partial charge in [-0.1, -0.05) is 22.0 Å². The molecule has 0 aliphatic carbocycles. The number of hydrogen-bond acceptors (Lipinski definition) is 2. The second kappa shape index (κ2) is 5.44. The smallest absolute Gasteiger partial charge is 0.146 e. The molecule has 0 unspecified atom stereocenters. The van der Waals surface area contributed by atoms with Crippen LogP contribution in [0.25, 0.3) is 0 Å². The van der Waals surface area contributed by atoms with Gasteiger partial charge >= 0.3 is 0 Å². The number of hydrogen-bond donors (Lipinski definition) is 1. The van der Waals surface area contributed by atoms with E-state index in [4.69, 9.17) is 4.74 Å². The average molecular weight is 336 g/mol. The molecule has 0 saturated carbocycles. The highest BCUT2D eigenvalue weighted by Crippen LogP contribution is 2.33.